The number of anilines is 2. The van der Waals surface area contributed by atoms with Crippen LogP contribution >= 0.6 is 0 Å². The fourth-order valence-corrected chi connectivity index (χ4v) is 3.96. The molecule has 0 bridgehead atoms. The molecular weight excluding hydrogens is 368 g/mol. The van der Waals surface area contributed by atoms with Crippen LogP contribution in [-0.4, -0.2) is 33.7 Å². The summed E-state index contributed by atoms with van der Waals surface area (Å²) in [6.45, 7) is 2.02. The molecule has 1 atom stereocenters. The highest BCUT2D eigenvalue weighted by Crippen LogP contribution is 2.33. The van der Waals surface area contributed by atoms with Crippen molar-refractivity contribution < 1.29 is 14.4 Å². The van der Waals surface area contributed by atoms with Gasteiger partial charge in [-0.15, -0.1) is 0 Å². The van der Waals surface area contributed by atoms with Crippen LogP contribution in [-0.2, 0) is 6.42 Å². The SMILES string of the molecule is C[C@@H]1Cc2ccccc2N1C(=O)c1ccc(N2C(=O)c3nccnc3C2=O)cc1. The fourth-order valence-electron chi connectivity index (χ4n) is 3.96. The molecule has 3 aromatic rings. The molecule has 2 aliphatic rings. The zero-order chi connectivity index (χ0) is 20.1. The standard InChI is InChI=1S/C22H16N4O3/c1-13-12-15-4-2-3-5-17(15)25(13)20(27)14-6-8-16(9-7-14)26-21(28)18-19(22(26)29)24-11-10-23-18/h2-11,13H,12H2,1H3/t13-/m1/s1. The van der Waals surface area contributed by atoms with Crippen molar-refractivity contribution in [3.63, 3.8) is 0 Å². The third kappa shape index (κ3) is 2.55. The molecule has 0 unspecified atom stereocenters. The molecular formula is C22H16N4O3. The van der Waals surface area contributed by atoms with E-state index in [0.717, 1.165) is 22.6 Å². The summed E-state index contributed by atoms with van der Waals surface area (Å²) in [7, 11) is 0. The van der Waals surface area contributed by atoms with E-state index in [4.69, 9.17) is 0 Å². The Labute approximate surface area is 166 Å². The zero-order valence-corrected chi connectivity index (χ0v) is 15.6. The smallest absolute Gasteiger partial charge is 0.286 e. The summed E-state index contributed by atoms with van der Waals surface area (Å²) in [5.41, 5.74) is 3.03. The van der Waals surface area contributed by atoms with E-state index in [1.165, 1.54) is 12.4 Å². The van der Waals surface area contributed by atoms with Gasteiger partial charge in [0.15, 0.2) is 11.4 Å². The van der Waals surface area contributed by atoms with Crippen molar-refractivity contribution in [1.82, 2.24) is 9.97 Å². The van der Waals surface area contributed by atoms with Crippen LogP contribution in [0.3, 0.4) is 0 Å². The topological polar surface area (TPSA) is 83.5 Å². The van der Waals surface area contributed by atoms with Gasteiger partial charge in [-0.2, -0.15) is 0 Å². The molecule has 3 heterocycles. The lowest BCUT2D eigenvalue weighted by molar-refractivity contribution is 0.0922. The second-order valence-corrected chi connectivity index (χ2v) is 7.10. The summed E-state index contributed by atoms with van der Waals surface area (Å²) < 4.78 is 0. The summed E-state index contributed by atoms with van der Waals surface area (Å²) in [4.78, 5) is 48.9. The number of benzene rings is 2. The molecule has 0 N–H and O–H groups in total. The Morgan fingerprint density at radius 3 is 2.21 bits per heavy atom. The maximum absolute atomic E-state index is 13.1. The van der Waals surface area contributed by atoms with Crippen molar-refractivity contribution >= 4 is 29.1 Å². The maximum Gasteiger partial charge on any atom is 0.286 e. The van der Waals surface area contributed by atoms with Crippen LogP contribution in [0.2, 0.25) is 0 Å². The van der Waals surface area contributed by atoms with Gasteiger partial charge in [0, 0.05) is 29.7 Å². The number of nitrogens with zero attached hydrogens (tertiary/aromatic N) is 4. The van der Waals surface area contributed by atoms with Gasteiger partial charge in [0.1, 0.15) is 0 Å². The third-order valence-electron chi connectivity index (χ3n) is 5.31. The molecule has 7 heteroatoms. The Balaban J connectivity index is 1.44. The molecule has 5 rings (SSSR count). The molecule has 0 saturated carbocycles. The summed E-state index contributed by atoms with van der Waals surface area (Å²) in [6, 6.07) is 14.4. The van der Waals surface area contributed by atoms with Gasteiger partial charge in [0.2, 0.25) is 0 Å². The largest absolute Gasteiger partial charge is 0.305 e. The average molecular weight is 384 g/mol. The number of para-hydroxylation sites is 1. The van der Waals surface area contributed by atoms with Crippen LogP contribution in [0.5, 0.6) is 0 Å². The molecule has 7 nitrogen and oxygen atoms in total. The Kier molecular flexibility index (Phi) is 3.77. The van der Waals surface area contributed by atoms with Gasteiger partial charge in [-0.25, -0.2) is 14.9 Å². The normalized spacial score (nSPS) is 17.5. The molecule has 0 spiro atoms. The summed E-state index contributed by atoms with van der Waals surface area (Å²) in [5, 5.41) is 0. The zero-order valence-electron chi connectivity index (χ0n) is 15.6. The maximum atomic E-state index is 13.1. The molecule has 0 fully saturated rings. The lowest BCUT2D eigenvalue weighted by Crippen LogP contribution is -2.35. The van der Waals surface area contributed by atoms with Gasteiger partial charge in [-0.3, -0.25) is 14.4 Å². The molecule has 3 amide bonds. The number of rotatable bonds is 2. The van der Waals surface area contributed by atoms with Crippen molar-refractivity contribution in [3.8, 4) is 0 Å². The lowest BCUT2D eigenvalue weighted by atomic mass is 10.1. The first kappa shape index (κ1) is 17.2. The number of hydrogen-bond donors (Lipinski definition) is 0. The number of hydrogen-bond acceptors (Lipinski definition) is 5. The molecule has 0 radical (unpaired) electrons. The van der Waals surface area contributed by atoms with Crippen LogP contribution in [0.25, 0.3) is 0 Å². The highest BCUT2D eigenvalue weighted by molar-refractivity contribution is 6.33. The van der Waals surface area contributed by atoms with E-state index >= 15 is 0 Å². The first-order valence-electron chi connectivity index (χ1n) is 9.27. The number of fused-ring (bicyclic) bond motifs is 2. The van der Waals surface area contributed by atoms with Gasteiger partial charge >= 0.3 is 0 Å². The summed E-state index contributed by atoms with van der Waals surface area (Å²) in [5.74, 6) is -1.14. The van der Waals surface area contributed by atoms with Gasteiger partial charge < -0.3 is 4.90 Å². The molecule has 0 aliphatic carbocycles. The quantitative estimate of drug-likeness (QED) is 0.635. The fraction of sp³-hybridized carbons (Fsp3) is 0.136. The number of aromatic nitrogens is 2. The minimum atomic E-state index is -0.515. The van der Waals surface area contributed by atoms with Crippen molar-refractivity contribution in [3.05, 3.63) is 83.4 Å². The highest BCUT2D eigenvalue weighted by Gasteiger charge is 2.39. The van der Waals surface area contributed by atoms with Crippen LogP contribution in [0.1, 0.15) is 43.8 Å². The summed E-state index contributed by atoms with van der Waals surface area (Å²) >= 11 is 0. The second-order valence-electron chi connectivity index (χ2n) is 7.10. The minimum absolute atomic E-state index is 0.0418. The summed E-state index contributed by atoms with van der Waals surface area (Å²) in [6.07, 6.45) is 3.57. The number of carbonyl (C=O) groups is 3. The van der Waals surface area contributed by atoms with Crippen molar-refractivity contribution in [2.75, 3.05) is 9.80 Å². The lowest BCUT2D eigenvalue weighted by Gasteiger charge is -2.23. The van der Waals surface area contributed by atoms with Gasteiger partial charge in [-0.1, -0.05) is 18.2 Å². The van der Waals surface area contributed by atoms with E-state index in [2.05, 4.69) is 9.97 Å². The monoisotopic (exact) mass is 384 g/mol. The molecule has 2 aliphatic heterocycles. The third-order valence-corrected chi connectivity index (χ3v) is 5.31. The number of carbonyl (C=O) groups excluding carboxylic acids is 3. The van der Waals surface area contributed by atoms with Gasteiger partial charge in [-0.05, 0) is 49.2 Å². The van der Waals surface area contributed by atoms with Crippen molar-refractivity contribution in [1.29, 1.82) is 0 Å². The Hall–Kier alpha value is -3.87. The van der Waals surface area contributed by atoms with Crippen LogP contribution in [0, 0.1) is 0 Å². The number of imide groups is 1. The first-order chi connectivity index (χ1) is 14.1. The van der Waals surface area contributed by atoms with E-state index in [9.17, 15) is 14.4 Å². The minimum Gasteiger partial charge on any atom is -0.305 e. The predicted molar refractivity (Wildman–Crippen MR) is 106 cm³/mol. The Bertz CT molecular complexity index is 1140. The van der Waals surface area contributed by atoms with E-state index in [1.807, 2.05) is 31.2 Å². The van der Waals surface area contributed by atoms with Crippen LogP contribution < -0.4 is 9.80 Å². The molecule has 2 aromatic carbocycles. The number of amides is 3. The van der Waals surface area contributed by atoms with Crippen LogP contribution in [0.15, 0.2) is 60.9 Å². The molecule has 0 saturated heterocycles. The first-order valence-corrected chi connectivity index (χ1v) is 9.27. The van der Waals surface area contributed by atoms with Gasteiger partial charge in [0.05, 0.1) is 5.69 Å². The predicted octanol–water partition coefficient (Wildman–Crippen LogP) is 2.87. The van der Waals surface area contributed by atoms with Crippen LogP contribution in [0.4, 0.5) is 11.4 Å². The van der Waals surface area contributed by atoms with E-state index < -0.39 is 11.8 Å². The molecule has 142 valence electrons. The van der Waals surface area contributed by atoms with Gasteiger partial charge in [0.25, 0.3) is 17.7 Å². The second kappa shape index (κ2) is 6.34. The van der Waals surface area contributed by atoms with E-state index in [0.29, 0.717) is 11.3 Å². The molecule has 29 heavy (non-hydrogen) atoms. The molecule has 1 aromatic heterocycles. The Morgan fingerprint density at radius 2 is 1.55 bits per heavy atom. The van der Waals surface area contributed by atoms with E-state index in [1.54, 1.807) is 29.2 Å². The highest BCUT2D eigenvalue weighted by atomic mass is 16.2. The van der Waals surface area contributed by atoms with Crippen molar-refractivity contribution in [2.45, 2.75) is 19.4 Å². The van der Waals surface area contributed by atoms with Crippen molar-refractivity contribution in [2.24, 2.45) is 0 Å². The van der Waals surface area contributed by atoms with E-state index in [-0.39, 0.29) is 23.3 Å². The Morgan fingerprint density at radius 1 is 0.931 bits per heavy atom. The average Bonchev–Trinajstić information content (AvgIpc) is 3.21.